The number of likely N-dealkylation sites (N-methyl/N-ethyl adjacent to an activating group) is 1. The molecule has 0 aromatic heterocycles. The van der Waals surface area contributed by atoms with Gasteiger partial charge in [-0.3, -0.25) is 23.7 Å². The summed E-state index contributed by atoms with van der Waals surface area (Å²) in [6.45, 7) is 3.56. The summed E-state index contributed by atoms with van der Waals surface area (Å²) in [5.74, 6) is -0.136. The number of benzene rings is 2. The lowest BCUT2D eigenvalue weighted by molar-refractivity contribution is -0.129. The van der Waals surface area contributed by atoms with E-state index >= 15 is 0 Å². The minimum atomic E-state index is -3.77. The first-order valence-corrected chi connectivity index (χ1v) is 12.7. The van der Waals surface area contributed by atoms with Gasteiger partial charge in [0.05, 0.1) is 23.7 Å². The number of rotatable bonds is 8. The molecule has 0 saturated carbocycles. The van der Waals surface area contributed by atoms with Crippen molar-refractivity contribution in [2.24, 2.45) is 0 Å². The van der Waals surface area contributed by atoms with Crippen LogP contribution in [0.4, 0.5) is 11.4 Å². The van der Waals surface area contributed by atoms with Crippen LogP contribution in [-0.4, -0.2) is 95.3 Å². The first kappa shape index (κ1) is 25.7. The normalized spacial score (nSPS) is 15.4. The van der Waals surface area contributed by atoms with Crippen LogP contribution >= 0.6 is 0 Å². The summed E-state index contributed by atoms with van der Waals surface area (Å²) in [4.78, 5) is 30.5. The Morgan fingerprint density at radius 2 is 1.53 bits per heavy atom. The van der Waals surface area contributed by atoms with Crippen molar-refractivity contribution in [2.75, 3.05) is 70.0 Å². The summed E-state index contributed by atoms with van der Waals surface area (Å²) >= 11 is 0. The molecule has 0 bridgehead atoms. The van der Waals surface area contributed by atoms with Gasteiger partial charge in [0.25, 0.3) is 10.0 Å². The molecule has 0 atom stereocenters. The highest BCUT2D eigenvalue weighted by Crippen LogP contribution is 2.23. The summed E-state index contributed by atoms with van der Waals surface area (Å²) in [5, 5.41) is 2.82. The quantitative estimate of drug-likeness (QED) is 0.607. The number of para-hydroxylation sites is 1. The lowest BCUT2D eigenvalue weighted by Gasteiger charge is -2.22. The largest absolute Gasteiger partial charge is 0.348 e. The second-order valence-electron chi connectivity index (χ2n) is 8.58. The number of sulfonamides is 1. The second kappa shape index (κ2) is 11.5. The van der Waals surface area contributed by atoms with E-state index in [4.69, 9.17) is 0 Å². The average molecular weight is 488 g/mol. The van der Waals surface area contributed by atoms with Gasteiger partial charge in [0.15, 0.2) is 0 Å². The number of nitrogens with one attached hydrogen (secondary N) is 1. The Morgan fingerprint density at radius 1 is 0.882 bits per heavy atom. The van der Waals surface area contributed by atoms with Crippen molar-refractivity contribution in [1.29, 1.82) is 0 Å². The maximum Gasteiger partial charge on any atom is 0.264 e. The first-order chi connectivity index (χ1) is 16.2. The molecule has 1 heterocycles. The molecule has 9 nitrogen and oxygen atoms in total. The molecule has 1 N–H and O–H groups in total. The highest BCUT2D eigenvalue weighted by molar-refractivity contribution is 7.92. The van der Waals surface area contributed by atoms with Crippen LogP contribution in [0, 0.1) is 0 Å². The summed E-state index contributed by atoms with van der Waals surface area (Å²) < 4.78 is 27.3. The highest BCUT2D eigenvalue weighted by atomic mass is 32.2. The molecule has 184 valence electrons. The Kier molecular flexibility index (Phi) is 8.65. The van der Waals surface area contributed by atoms with Gasteiger partial charge in [-0.05, 0) is 49.8 Å². The zero-order valence-corrected chi connectivity index (χ0v) is 20.8. The van der Waals surface area contributed by atoms with E-state index in [1.165, 1.54) is 23.5 Å². The van der Waals surface area contributed by atoms with E-state index in [1.54, 1.807) is 55.4 Å². The van der Waals surface area contributed by atoms with Gasteiger partial charge in [0.2, 0.25) is 11.8 Å². The monoisotopic (exact) mass is 487 g/mol. The van der Waals surface area contributed by atoms with Crippen LogP contribution in [0.5, 0.6) is 0 Å². The lowest BCUT2D eigenvalue weighted by Crippen LogP contribution is -2.39. The number of carbonyl (C=O) groups excluding carboxylic acids is 2. The predicted octanol–water partition coefficient (Wildman–Crippen LogP) is 1.55. The van der Waals surface area contributed by atoms with Crippen molar-refractivity contribution < 1.29 is 18.0 Å². The van der Waals surface area contributed by atoms with Crippen molar-refractivity contribution in [3.8, 4) is 0 Å². The number of anilines is 2. The maximum absolute atomic E-state index is 13.0. The van der Waals surface area contributed by atoms with Crippen molar-refractivity contribution in [3.63, 3.8) is 0 Å². The summed E-state index contributed by atoms with van der Waals surface area (Å²) in [6, 6.07) is 15.1. The molecule has 0 aliphatic carbocycles. The third-order valence-electron chi connectivity index (χ3n) is 5.80. The molecule has 0 radical (unpaired) electrons. The molecule has 1 saturated heterocycles. The molecular formula is C24H33N5O4S. The minimum Gasteiger partial charge on any atom is -0.348 e. The average Bonchev–Trinajstić information content (AvgIpc) is 3.04. The number of nitrogens with zero attached hydrogens (tertiary/aromatic N) is 4. The number of carbonyl (C=O) groups is 2. The molecule has 1 aliphatic heterocycles. The first-order valence-electron chi connectivity index (χ1n) is 11.3. The minimum absolute atomic E-state index is 0.0685. The van der Waals surface area contributed by atoms with Crippen LogP contribution < -0.4 is 9.62 Å². The van der Waals surface area contributed by atoms with E-state index in [0.717, 1.165) is 19.5 Å². The van der Waals surface area contributed by atoms with Gasteiger partial charge in [-0.2, -0.15) is 0 Å². The molecule has 0 unspecified atom stereocenters. The molecule has 2 amide bonds. The molecule has 0 spiro atoms. The number of hydrogen-bond donors (Lipinski definition) is 1. The smallest absolute Gasteiger partial charge is 0.264 e. The fourth-order valence-electron chi connectivity index (χ4n) is 3.75. The van der Waals surface area contributed by atoms with Crippen LogP contribution in [0.2, 0.25) is 0 Å². The zero-order valence-electron chi connectivity index (χ0n) is 20.0. The molecule has 34 heavy (non-hydrogen) atoms. The van der Waals surface area contributed by atoms with Crippen molar-refractivity contribution in [1.82, 2.24) is 14.7 Å². The maximum atomic E-state index is 13.0. The van der Waals surface area contributed by atoms with Crippen LogP contribution in [0.25, 0.3) is 0 Å². The van der Waals surface area contributed by atoms with Crippen molar-refractivity contribution in [3.05, 3.63) is 54.6 Å². The number of hydrogen-bond acceptors (Lipinski definition) is 6. The van der Waals surface area contributed by atoms with Gasteiger partial charge < -0.3 is 10.2 Å². The molecular weight excluding hydrogens is 454 g/mol. The zero-order chi connectivity index (χ0) is 24.7. The SMILES string of the molecule is CN(C)C(=O)CN1CCCN(CC(=O)Nc2cccc(S(=O)(=O)N(C)c3ccccc3)c2)CC1. The Bertz CT molecular complexity index is 1090. The van der Waals surface area contributed by atoms with Crippen LogP contribution in [0.15, 0.2) is 59.5 Å². The van der Waals surface area contributed by atoms with Gasteiger partial charge >= 0.3 is 0 Å². The third-order valence-corrected chi connectivity index (χ3v) is 7.58. The Balaban J connectivity index is 1.59. The van der Waals surface area contributed by atoms with E-state index in [1.807, 2.05) is 6.07 Å². The summed E-state index contributed by atoms with van der Waals surface area (Å²) in [7, 11) is 1.23. The van der Waals surface area contributed by atoms with E-state index in [0.29, 0.717) is 31.0 Å². The Labute approximate surface area is 202 Å². The van der Waals surface area contributed by atoms with Crippen LogP contribution in [0.1, 0.15) is 6.42 Å². The molecule has 3 rings (SSSR count). The molecule has 1 fully saturated rings. The topological polar surface area (TPSA) is 93.3 Å². The molecule has 2 aromatic rings. The van der Waals surface area contributed by atoms with E-state index in [-0.39, 0.29) is 23.3 Å². The summed E-state index contributed by atoms with van der Waals surface area (Å²) in [6.07, 6.45) is 0.869. The Morgan fingerprint density at radius 3 is 2.18 bits per heavy atom. The number of amides is 2. The van der Waals surface area contributed by atoms with Gasteiger partial charge in [0, 0.05) is 39.9 Å². The fraction of sp³-hybridized carbons (Fsp3) is 0.417. The van der Waals surface area contributed by atoms with Gasteiger partial charge in [0.1, 0.15) is 0 Å². The van der Waals surface area contributed by atoms with Crippen LogP contribution in [0.3, 0.4) is 0 Å². The van der Waals surface area contributed by atoms with Gasteiger partial charge in [-0.25, -0.2) is 8.42 Å². The predicted molar refractivity (Wildman–Crippen MR) is 133 cm³/mol. The lowest BCUT2D eigenvalue weighted by atomic mass is 10.3. The van der Waals surface area contributed by atoms with Crippen molar-refractivity contribution in [2.45, 2.75) is 11.3 Å². The van der Waals surface area contributed by atoms with E-state index < -0.39 is 10.0 Å². The fourth-order valence-corrected chi connectivity index (χ4v) is 4.99. The Hall–Kier alpha value is -2.95. The summed E-state index contributed by atoms with van der Waals surface area (Å²) in [5.41, 5.74) is 0.986. The van der Waals surface area contributed by atoms with E-state index in [9.17, 15) is 18.0 Å². The highest BCUT2D eigenvalue weighted by Gasteiger charge is 2.22. The third kappa shape index (κ3) is 6.78. The van der Waals surface area contributed by atoms with Gasteiger partial charge in [-0.1, -0.05) is 24.3 Å². The molecule has 1 aliphatic rings. The standard InChI is InChI=1S/C24H33N5O4S/c1-26(2)24(31)19-29-14-8-13-28(15-16-29)18-23(30)25-20-9-7-12-22(17-20)34(32,33)27(3)21-10-5-4-6-11-21/h4-7,9-12,17H,8,13-16,18-19H2,1-3H3,(H,25,30). The van der Waals surface area contributed by atoms with Crippen molar-refractivity contribution >= 4 is 33.2 Å². The second-order valence-corrected chi connectivity index (χ2v) is 10.5. The van der Waals surface area contributed by atoms with Gasteiger partial charge in [-0.15, -0.1) is 0 Å². The van der Waals surface area contributed by atoms with Crippen LogP contribution in [-0.2, 0) is 19.6 Å². The van der Waals surface area contributed by atoms with E-state index in [2.05, 4.69) is 15.1 Å². The molecule has 2 aromatic carbocycles. The molecule has 10 heteroatoms.